The summed E-state index contributed by atoms with van der Waals surface area (Å²) in [5.41, 5.74) is 0. The first-order valence-corrected chi connectivity index (χ1v) is 5.59. The van der Waals surface area contributed by atoms with Crippen molar-refractivity contribution in [1.82, 2.24) is 10.2 Å². The largest absolute Gasteiger partial charge is 0.356 e. The average Bonchev–Trinajstić information content (AvgIpc) is 2.13. The molecule has 14 heavy (non-hydrogen) atoms. The van der Waals surface area contributed by atoms with Gasteiger partial charge in [0, 0.05) is 13.5 Å². The Morgan fingerprint density at radius 1 is 1.21 bits per heavy atom. The van der Waals surface area contributed by atoms with E-state index >= 15 is 0 Å². The van der Waals surface area contributed by atoms with Crippen LogP contribution in [0.15, 0.2) is 0 Å². The van der Waals surface area contributed by atoms with Crippen molar-refractivity contribution in [2.45, 2.75) is 39.5 Å². The molecule has 3 nitrogen and oxygen atoms in total. The molecular formula is C11H24N2O. The fraction of sp³-hybridized carbons (Fsp3) is 0.909. The number of nitrogens with zero attached hydrogens (tertiary/aromatic N) is 1. The molecule has 0 spiro atoms. The van der Waals surface area contributed by atoms with Crippen LogP contribution >= 0.6 is 0 Å². The Bertz CT molecular complexity index is 148. The molecule has 0 unspecified atom stereocenters. The summed E-state index contributed by atoms with van der Waals surface area (Å²) in [6, 6.07) is 0. The summed E-state index contributed by atoms with van der Waals surface area (Å²) >= 11 is 0. The molecule has 84 valence electrons. The summed E-state index contributed by atoms with van der Waals surface area (Å²) in [6.07, 6.45) is 4.79. The van der Waals surface area contributed by atoms with Crippen molar-refractivity contribution in [1.29, 1.82) is 0 Å². The summed E-state index contributed by atoms with van der Waals surface area (Å²) < 4.78 is 0. The van der Waals surface area contributed by atoms with Gasteiger partial charge in [-0.25, -0.2) is 0 Å². The second-order valence-corrected chi connectivity index (χ2v) is 3.85. The maximum atomic E-state index is 10.6. The van der Waals surface area contributed by atoms with E-state index in [1.807, 2.05) is 0 Å². The Morgan fingerprint density at radius 3 is 2.43 bits per heavy atom. The highest BCUT2D eigenvalue weighted by Crippen LogP contribution is 1.95. The minimum atomic E-state index is 0.0735. The van der Waals surface area contributed by atoms with Crippen LogP contribution in [0.1, 0.15) is 39.5 Å². The average molecular weight is 200 g/mol. The lowest BCUT2D eigenvalue weighted by molar-refractivity contribution is -0.118. The molecule has 0 aromatic rings. The fourth-order valence-corrected chi connectivity index (χ4v) is 1.31. The smallest absolute Gasteiger partial charge is 0.216 e. The number of nitrogens with one attached hydrogen (secondary N) is 1. The topological polar surface area (TPSA) is 32.3 Å². The number of amides is 1. The molecule has 0 aliphatic carbocycles. The van der Waals surface area contributed by atoms with Gasteiger partial charge in [0.15, 0.2) is 0 Å². The van der Waals surface area contributed by atoms with Gasteiger partial charge in [0.2, 0.25) is 5.91 Å². The van der Waals surface area contributed by atoms with Gasteiger partial charge in [0.05, 0.1) is 0 Å². The molecular weight excluding hydrogens is 176 g/mol. The number of hydrogen-bond donors (Lipinski definition) is 1. The molecule has 0 aromatic heterocycles. The van der Waals surface area contributed by atoms with Crippen LogP contribution in [0.3, 0.4) is 0 Å². The van der Waals surface area contributed by atoms with Gasteiger partial charge in [0.1, 0.15) is 0 Å². The van der Waals surface area contributed by atoms with Gasteiger partial charge in [-0.3, -0.25) is 4.79 Å². The highest BCUT2D eigenvalue weighted by molar-refractivity contribution is 5.72. The minimum Gasteiger partial charge on any atom is -0.356 e. The second-order valence-electron chi connectivity index (χ2n) is 3.85. The van der Waals surface area contributed by atoms with Gasteiger partial charge in [0.25, 0.3) is 0 Å². The number of hydrogen-bond acceptors (Lipinski definition) is 2. The number of carbonyl (C=O) groups is 1. The Morgan fingerprint density at radius 2 is 1.86 bits per heavy atom. The zero-order valence-corrected chi connectivity index (χ0v) is 9.81. The lowest BCUT2D eigenvalue weighted by atomic mass is 10.2. The van der Waals surface area contributed by atoms with Crippen LogP contribution in [0, 0.1) is 0 Å². The third-order valence-electron chi connectivity index (χ3n) is 2.23. The summed E-state index contributed by atoms with van der Waals surface area (Å²) in [5.74, 6) is 0.0735. The molecule has 0 saturated carbocycles. The van der Waals surface area contributed by atoms with Crippen LogP contribution in [-0.4, -0.2) is 37.5 Å². The Hall–Kier alpha value is -0.570. The molecule has 0 aromatic carbocycles. The van der Waals surface area contributed by atoms with E-state index in [0.29, 0.717) is 0 Å². The molecule has 0 saturated heterocycles. The van der Waals surface area contributed by atoms with Crippen molar-refractivity contribution in [2.24, 2.45) is 0 Å². The molecule has 3 heteroatoms. The maximum absolute atomic E-state index is 10.6. The molecule has 0 heterocycles. The third kappa shape index (κ3) is 9.52. The molecule has 0 aliphatic rings. The van der Waals surface area contributed by atoms with E-state index in [0.717, 1.165) is 19.5 Å². The van der Waals surface area contributed by atoms with Crippen LogP contribution < -0.4 is 5.32 Å². The van der Waals surface area contributed by atoms with Crippen LogP contribution in [0.2, 0.25) is 0 Å². The van der Waals surface area contributed by atoms with Crippen molar-refractivity contribution >= 4 is 5.91 Å². The predicted molar refractivity (Wildman–Crippen MR) is 60.3 cm³/mol. The second kappa shape index (κ2) is 9.00. The number of rotatable bonds is 8. The van der Waals surface area contributed by atoms with Crippen molar-refractivity contribution in [3.05, 3.63) is 0 Å². The standard InChI is InChI=1S/C11H24N2O/c1-4-5-9-13(3)10-7-6-8-12-11(2)14/h4-10H2,1-3H3,(H,12,14). The molecule has 0 rings (SSSR count). The van der Waals surface area contributed by atoms with Crippen LogP contribution in [0.25, 0.3) is 0 Å². The third-order valence-corrected chi connectivity index (χ3v) is 2.23. The first-order chi connectivity index (χ1) is 6.66. The molecule has 0 bridgehead atoms. The molecule has 1 N–H and O–H groups in total. The van der Waals surface area contributed by atoms with E-state index < -0.39 is 0 Å². The fourth-order valence-electron chi connectivity index (χ4n) is 1.31. The zero-order valence-electron chi connectivity index (χ0n) is 9.81. The number of carbonyl (C=O) groups excluding carboxylic acids is 1. The van der Waals surface area contributed by atoms with Gasteiger partial charge < -0.3 is 10.2 Å². The Kier molecular flexibility index (Phi) is 8.64. The summed E-state index contributed by atoms with van der Waals surface area (Å²) in [4.78, 5) is 12.9. The Balaban J connectivity index is 3.14. The van der Waals surface area contributed by atoms with Crippen LogP contribution in [0.5, 0.6) is 0 Å². The number of unbranched alkanes of at least 4 members (excludes halogenated alkanes) is 2. The lowest BCUT2D eigenvalue weighted by Gasteiger charge is -2.15. The van der Waals surface area contributed by atoms with E-state index in [1.54, 1.807) is 6.92 Å². The summed E-state index contributed by atoms with van der Waals surface area (Å²) in [7, 11) is 2.16. The van der Waals surface area contributed by atoms with Crippen LogP contribution in [0.4, 0.5) is 0 Å². The minimum absolute atomic E-state index is 0.0735. The molecule has 1 amide bonds. The normalized spacial score (nSPS) is 10.6. The van der Waals surface area contributed by atoms with E-state index in [4.69, 9.17) is 0 Å². The van der Waals surface area contributed by atoms with Gasteiger partial charge >= 0.3 is 0 Å². The van der Waals surface area contributed by atoms with Crippen molar-refractivity contribution < 1.29 is 4.79 Å². The molecule has 0 aliphatic heterocycles. The highest BCUT2D eigenvalue weighted by Gasteiger charge is 1.97. The first-order valence-electron chi connectivity index (χ1n) is 5.59. The monoisotopic (exact) mass is 200 g/mol. The van der Waals surface area contributed by atoms with Gasteiger partial charge in [-0.05, 0) is 39.4 Å². The van der Waals surface area contributed by atoms with E-state index in [-0.39, 0.29) is 5.91 Å². The predicted octanol–water partition coefficient (Wildman–Crippen LogP) is 1.63. The van der Waals surface area contributed by atoms with Gasteiger partial charge in [-0.15, -0.1) is 0 Å². The van der Waals surface area contributed by atoms with Crippen molar-refractivity contribution in [3.63, 3.8) is 0 Å². The van der Waals surface area contributed by atoms with Crippen molar-refractivity contribution in [3.8, 4) is 0 Å². The van der Waals surface area contributed by atoms with E-state index in [9.17, 15) is 4.79 Å². The highest BCUT2D eigenvalue weighted by atomic mass is 16.1. The molecule has 0 fully saturated rings. The van der Waals surface area contributed by atoms with E-state index in [2.05, 4.69) is 24.2 Å². The van der Waals surface area contributed by atoms with Crippen molar-refractivity contribution in [2.75, 3.05) is 26.7 Å². The quantitative estimate of drug-likeness (QED) is 0.604. The lowest BCUT2D eigenvalue weighted by Crippen LogP contribution is -2.24. The summed E-state index contributed by atoms with van der Waals surface area (Å²) in [5, 5.41) is 2.80. The maximum Gasteiger partial charge on any atom is 0.216 e. The van der Waals surface area contributed by atoms with Crippen LogP contribution in [-0.2, 0) is 4.79 Å². The Labute approximate surface area is 87.9 Å². The van der Waals surface area contributed by atoms with Gasteiger partial charge in [-0.2, -0.15) is 0 Å². The molecule has 0 radical (unpaired) electrons. The van der Waals surface area contributed by atoms with E-state index in [1.165, 1.54) is 25.8 Å². The van der Waals surface area contributed by atoms with Gasteiger partial charge in [-0.1, -0.05) is 13.3 Å². The first kappa shape index (κ1) is 13.4. The SMILES string of the molecule is CCCCN(C)CCCCNC(C)=O. The molecule has 0 atom stereocenters. The zero-order chi connectivity index (χ0) is 10.8. The summed E-state index contributed by atoms with van der Waals surface area (Å²) in [6.45, 7) is 6.92.